The van der Waals surface area contributed by atoms with Crippen LogP contribution in [-0.4, -0.2) is 66.1 Å². The van der Waals surface area contributed by atoms with E-state index in [9.17, 15) is 4.79 Å². The third-order valence-electron chi connectivity index (χ3n) is 5.44. The topological polar surface area (TPSA) is 48.6 Å². The van der Waals surface area contributed by atoms with Gasteiger partial charge in [0.05, 0.1) is 12.5 Å². The Hall–Kier alpha value is -1.85. The van der Waals surface area contributed by atoms with Gasteiger partial charge in [0.15, 0.2) is 0 Å². The van der Waals surface area contributed by atoms with Crippen molar-refractivity contribution in [3.05, 3.63) is 36.0 Å². The highest BCUT2D eigenvalue weighted by Gasteiger charge is 2.23. The molecule has 134 valence electrons. The molecular formula is C20H27N3O2. The molecule has 5 nitrogen and oxygen atoms in total. The predicted molar refractivity (Wildman–Crippen MR) is 98.6 cm³/mol. The Labute approximate surface area is 148 Å². The normalized spacial score (nSPS) is 22.4. The van der Waals surface area contributed by atoms with Gasteiger partial charge < -0.3 is 14.6 Å². The lowest BCUT2D eigenvalue weighted by Gasteiger charge is -2.24. The predicted octanol–water partition coefficient (Wildman–Crippen LogP) is 2.42. The highest BCUT2D eigenvalue weighted by atomic mass is 16.5. The van der Waals surface area contributed by atoms with E-state index in [-0.39, 0.29) is 5.91 Å². The molecule has 0 spiro atoms. The molecule has 0 aliphatic carbocycles. The number of H-pyrrole nitrogens is 1. The lowest BCUT2D eigenvalue weighted by atomic mass is 10.1. The van der Waals surface area contributed by atoms with Gasteiger partial charge in [0, 0.05) is 49.9 Å². The van der Waals surface area contributed by atoms with E-state index in [1.54, 1.807) is 0 Å². The largest absolute Gasteiger partial charge is 0.377 e. The molecule has 1 aromatic carbocycles. The first kappa shape index (κ1) is 16.6. The number of carbonyl (C=O) groups excluding carboxylic acids is 1. The van der Waals surface area contributed by atoms with E-state index in [0.717, 1.165) is 62.2 Å². The van der Waals surface area contributed by atoms with Gasteiger partial charge in [-0.1, -0.05) is 18.2 Å². The minimum absolute atomic E-state index is 0.240. The maximum absolute atomic E-state index is 12.8. The van der Waals surface area contributed by atoms with Crippen molar-refractivity contribution in [2.75, 3.05) is 39.3 Å². The van der Waals surface area contributed by atoms with Crippen molar-refractivity contribution < 1.29 is 9.53 Å². The first-order valence-corrected chi connectivity index (χ1v) is 9.46. The van der Waals surface area contributed by atoms with Crippen LogP contribution in [0.4, 0.5) is 0 Å². The van der Waals surface area contributed by atoms with Crippen LogP contribution in [0, 0.1) is 0 Å². The molecule has 2 aliphatic rings. The molecule has 1 aromatic heterocycles. The first-order chi connectivity index (χ1) is 12.3. The molecular weight excluding hydrogens is 314 g/mol. The van der Waals surface area contributed by atoms with Crippen molar-refractivity contribution in [1.29, 1.82) is 0 Å². The molecule has 0 saturated carbocycles. The number of hydrogen-bond acceptors (Lipinski definition) is 3. The first-order valence-electron chi connectivity index (χ1n) is 9.46. The smallest absolute Gasteiger partial charge is 0.227 e. The van der Waals surface area contributed by atoms with Crippen molar-refractivity contribution in [2.24, 2.45) is 0 Å². The number of hydrogen-bond donors (Lipinski definition) is 1. The van der Waals surface area contributed by atoms with E-state index in [0.29, 0.717) is 12.5 Å². The number of nitrogens with zero attached hydrogens (tertiary/aromatic N) is 2. The Morgan fingerprint density at radius 2 is 2.08 bits per heavy atom. The summed E-state index contributed by atoms with van der Waals surface area (Å²) in [7, 11) is 0. The molecule has 2 saturated heterocycles. The molecule has 5 heteroatoms. The monoisotopic (exact) mass is 341 g/mol. The summed E-state index contributed by atoms with van der Waals surface area (Å²) in [6, 6.07) is 8.18. The molecule has 1 amide bonds. The van der Waals surface area contributed by atoms with E-state index < -0.39 is 0 Å². The average molecular weight is 341 g/mol. The lowest BCUT2D eigenvalue weighted by molar-refractivity contribution is -0.130. The van der Waals surface area contributed by atoms with Crippen LogP contribution in [0.1, 0.15) is 24.8 Å². The van der Waals surface area contributed by atoms with Gasteiger partial charge in [0.25, 0.3) is 0 Å². The molecule has 2 aromatic rings. The van der Waals surface area contributed by atoms with E-state index in [1.165, 1.54) is 12.8 Å². The Morgan fingerprint density at radius 3 is 2.96 bits per heavy atom. The second kappa shape index (κ2) is 7.58. The van der Waals surface area contributed by atoms with Crippen LogP contribution in [-0.2, 0) is 16.0 Å². The van der Waals surface area contributed by atoms with E-state index in [2.05, 4.69) is 22.0 Å². The van der Waals surface area contributed by atoms with Gasteiger partial charge in [0.1, 0.15) is 0 Å². The molecule has 25 heavy (non-hydrogen) atoms. The highest BCUT2D eigenvalue weighted by molar-refractivity contribution is 5.88. The zero-order valence-electron chi connectivity index (χ0n) is 14.7. The van der Waals surface area contributed by atoms with Crippen LogP contribution in [0.2, 0.25) is 0 Å². The standard InChI is InChI=1S/C20H27N3O2/c24-20(13-16-14-21-19-7-2-1-6-18(16)19)23-9-4-8-22(10-11-23)15-17-5-3-12-25-17/h1-2,6-7,14,17,21H,3-5,8-13,15H2. The average Bonchev–Trinajstić information content (AvgIpc) is 3.21. The van der Waals surface area contributed by atoms with Gasteiger partial charge in [-0.05, 0) is 37.4 Å². The number of carbonyl (C=O) groups is 1. The van der Waals surface area contributed by atoms with Crippen molar-refractivity contribution in [2.45, 2.75) is 31.8 Å². The van der Waals surface area contributed by atoms with Gasteiger partial charge in [0.2, 0.25) is 5.91 Å². The second-order valence-electron chi connectivity index (χ2n) is 7.21. The molecule has 3 heterocycles. The molecule has 1 unspecified atom stereocenters. The summed E-state index contributed by atoms with van der Waals surface area (Å²) in [5, 5.41) is 1.16. The SMILES string of the molecule is O=C(Cc1c[nH]c2ccccc12)N1CCCN(CC2CCCO2)CC1. The van der Waals surface area contributed by atoms with Crippen molar-refractivity contribution in [1.82, 2.24) is 14.8 Å². The summed E-state index contributed by atoms with van der Waals surface area (Å²) in [6.45, 7) is 5.64. The van der Waals surface area contributed by atoms with Gasteiger partial charge in [-0.2, -0.15) is 0 Å². The third kappa shape index (κ3) is 3.88. The van der Waals surface area contributed by atoms with E-state index >= 15 is 0 Å². The Balaban J connectivity index is 1.34. The van der Waals surface area contributed by atoms with Crippen LogP contribution in [0.3, 0.4) is 0 Å². The summed E-state index contributed by atoms with van der Waals surface area (Å²) >= 11 is 0. The van der Waals surface area contributed by atoms with Crippen molar-refractivity contribution in [3.63, 3.8) is 0 Å². The summed E-state index contributed by atoms with van der Waals surface area (Å²) in [5.74, 6) is 0.240. The minimum Gasteiger partial charge on any atom is -0.377 e. The highest BCUT2D eigenvalue weighted by Crippen LogP contribution is 2.19. The summed E-state index contributed by atoms with van der Waals surface area (Å²) in [6.07, 6.45) is 6.27. The maximum atomic E-state index is 12.8. The Bertz CT molecular complexity index is 721. The zero-order chi connectivity index (χ0) is 17.1. The number of aromatic nitrogens is 1. The van der Waals surface area contributed by atoms with E-state index in [1.807, 2.05) is 23.2 Å². The van der Waals surface area contributed by atoms with Crippen LogP contribution >= 0.6 is 0 Å². The summed E-state index contributed by atoms with van der Waals surface area (Å²) < 4.78 is 5.76. The van der Waals surface area contributed by atoms with E-state index in [4.69, 9.17) is 4.74 Å². The molecule has 2 aliphatic heterocycles. The molecule has 1 N–H and O–H groups in total. The quantitative estimate of drug-likeness (QED) is 0.929. The number of benzene rings is 1. The number of aromatic amines is 1. The minimum atomic E-state index is 0.240. The summed E-state index contributed by atoms with van der Waals surface area (Å²) in [5.41, 5.74) is 2.20. The molecule has 1 atom stereocenters. The number of ether oxygens (including phenoxy) is 1. The number of amides is 1. The Kier molecular flexibility index (Phi) is 5.04. The fraction of sp³-hybridized carbons (Fsp3) is 0.550. The number of fused-ring (bicyclic) bond motifs is 1. The Morgan fingerprint density at radius 1 is 1.16 bits per heavy atom. The molecule has 0 radical (unpaired) electrons. The fourth-order valence-electron chi connectivity index (χ4n) is 4.03. The second-order valence-corrected chi connectivity index (χ2v) is 7.21. The fourth-order valence-corrected chi connectivity index (χ4v) is 4.03. The molecule has 0 bridgehead atoms. The van der Waals surface area contributed by atoms with Crippen LogP contribution < -0.4 is 0 Å². The van der Waals surface area contributed by atoms with Gasteiger partial charge in [-0.25, -0.2) is 0 Å². The van der Waals surface area contributed by atoms with Crippen LogP contribution in [0.15, 0.2) is 30.5 Å². The number of para-hydroxylation sites is 1. The van der Waals surface area contributed by atoms with Gasteiger partial charge in [-0.3, -0.25) is 9.69 Å². The lowest BCUT2D eigenvalue weighted by Crippen LogP contribution is -2.38. The van der Waals surface area contributed by atoms with Crippen LogP contribution in [0.5, 0.6) is 0 Å². The molecule has 4 rings (SSSR count). The van der Waals surface area contributed by atoms with Crippen molar-refractivity contribution >= 4 is 16.8 Å². The zero-order valence-corrected chi connectivity index (χ0v) is 14.7. The maximum Gasteiger partial charge on any atom is 0.227 e. The number of nitrogens with one attached hydrogen (secondary N) is 1. The third-order valence-corrected chi connectivity index (χ3v) is 5.44. The molecule has 2 fully saturated rings. The summed E-state index contributed by atoms with van der Waals surface area (Å²) in [4.78, 5) is 20.6. The number of rotatable bonds is 4. The van der Waals surface area contributed by atoms with Crippen molar-refractivity contribution in [3.8, 4) is 0 Å². The van der Waals surface area contributed by atoms with Crippen LogP contribution in [0.25, 0.3) is 10.9 Å². The van der Waals surface area contributed by atoms with Gasteiger partial charge in [-0.15, -0.1) is 0 Å². The van der Waals surface area contributed by atoms with Gasteiger partial charge >= 0.3 is 0 Å².